The summed E-state index contributed by atoms with van der Waals surface area (Å²) < 4.78 is 14.0. The van der Waals surface area contributed by atoms with Crippen molar-refractivity contribution in [3.8, 4) is 11.1 Å². The molecule has 0 saturated carbocycles. The fraction of sp³-hybridized carbons (Fsp3) is 0.250. The number of hydrogen-bond donors (Lipinski definition) is 3. The normalized spacial score (nSPS) is 15.1. The number of hydrogen-bond acceptors (Lipinski definition) is 3. The molecule has 0 aliphatic carbocycles. The summed E-state index contributed by atoms with van der Waals surface area (Å²) in [6, 6.07) is 17.5. The molecule has 3 aromatic rings. The van der Waals surface area contributed by atoms with Crippen molar-refractivity contribution in [2.24, 2.45) is 0 Å². The molecule has 7 nitrogen and oxygen atoms in total. The highest BCUT2D eigenvalue weighted by Gasteiger charge is 2.34. The van der Waals surface area contributed by atoms with Crippen LogP contribution in [0.15, 0.2) is 66.7 Å². The Morgan fingerprint density at radius 3 is 2.14 bits per heavy atom. The van der Waals surface area contributed by atoms with E-state index < -0.39 is 17.8 Å². The van der Waals surface area contributed by atoms with Crippen molar-refractivity contribution in [3.05, 3.63) is 83.7 Å². The number of anilines is 2. The summed E-state index contributed by atoms with van der Waals surface area (Å²) in [5.41, 5.74) is 3.21. The number of rotatable bonds is 6. The molecule has 8 heteroatoms. The maximum Gasteiger partial charge on any atom is 0.338 e. The van der Waals surface area contributed by atoms with Gasteiger partial charge < -0.3 is 20.6 Å². The van der Waals surface area contributed by atoms with Gasteiger partial charge in [-0.1, -0.05) is 44.2 Å². The SMILES string of the molecule is CC(C)c1ccc(NC(=O)N2CCC[C@H]2C(=O)Nc2ccc(-c3ccc(C(=O)O)c(F)c3)cc2)cc1. The van der Waals surface area contributed by atoms with Gasteiger partial charge in [-0.25, -0.2) is 14.0 Å². The molecule has 1 fully saturated rings. The number of likely N-dealkylation sites (tertiary alicyclic amines) is 1. The Hall–Kier alpha value is -4.20. The van der Waals surface area contributed by atoms with Gasteiger partial charge in [-0.05, 0) is 71.8 Å². The van der Waals surface area contributed by atoms with Crippen LogP contribution in [0.1, 0.15) is 48.5 Å². The van der Waals surface area contributed by atoms with Gasteiger partial charge >= 0.3 is 12.0 Å². The van der Waals surface area contributed by atoms with Gasteiger partial charge in [0.05, 0.1) is 5.56 Å². The monoisotopic (exact) mass is 489 g/mol. The van der Waals surface area contributed by atoms with Crippen LogP contribution in [0.25, 0.3) is 11.1 Å². The van der Waals surface area contributed by atoms with Gasteiger partial charge in [-0.2, -0.15) is 0 Å². The van der Waals surface area contributed by atoms with E-state index >= 15 is 0 Å². The maximum atomic E-state index is 14.0. The fourth-order valence-corrected chi connectivity index (χ4v) is 4.27. The van der Waals surface area contributed by atoms with Crippen molar-refractivity contribution < 1.29 is 23.9 Å². The first-order valence-corrected chi connectivity index (χ1v) is 11.8. The number of amides is 3. The van der Waals surface area contributed by atoms with Crippen LogP contribution >= 0.6 is 0 Å². The molecule has 1 atom stereocenters. The third-order valence-electron chi connectivity index (χ3n) is 6.33. The zero-order valence-electron chi connectivity index (χ0n) is 20.1. The molecule has 0 spiro atoms. The zero-order chi connectivity index (χ0) is 25.8. The number of halogens is 1. The van der Waals surface area contributed by atoms with Crippen LogP contribution in [-0.2, 0) is 4.79 Å². The number of urea groups is 1. The van der Waals surface area contributed by atoms with Crippen LogP contribution < -0.4 is 10.6 Å². The lowest BCUT2D eigenvalue weighted by Gasteiger charge is -2.24. The van der Waals surface area contributed by atoms with Crippen molar-refractivity contribution in [1.82, 2.24) is 4.90 Å². The average molecular weight is 490 g/mol. The first-order valence-electron chi connectivity index (χ1n) is 11.8. The molecule has 0 unspecified atom stereocenters. The lowest BCUT2D eigenvalue weighted by Crippen LogP contribution is -2.45. The number of benzene rings is 3. The molecule has 0 bridgehead atoms. The van der Waals surface area contributed by atoms with Gasteiger partial charge in [-0.3, -0.25) is 4.79 Å². The van der Waals surface area contributed by atoms with Crippen LogP contribution in [0.2, 0.25) is 0 Å². The Kier molecular flexibility index (Phi) is 7.33. The fourth-order valence-electron chi connectivity index (χ4n) is 4.27. The molecule has 1 aliphatic heterocycles. The van der Waals surface area contributed by atoms with E-state index in [1.807, 2.05) is 24.3 Å². The molecule has 186 valence electrons. The minimum Gasteiger partial charge on any atom is -0.478 e. The minimum atomic E-state index is -1.32. The van der Waals surface area contributed by atoms with Crippen molar-refractivity contribution in [3.63, 3.8) is 0 Å². The number of nitrogens with zero attached hydrogens (tertiary/aromatic N) is 1. The number of carboxylic acid groups (broad SMARTS) is 1. The molecular formula is C28H28FN3O4. The second kappa shape index (κ2) is 10.6. The van der Waals surface area contributed by atoms with Gasteiger partial charge in [0, 0.05) is 17.9 Å². The molecule has 0 radical (unpaired) electrons. The quantitative estimate of drug-likeness (QED) is 0.398. The van der Waals surface area contributed by atoms with E-state index in [-0.39, 0.29) is 17.5 Å². The molecule has 1 aliphatic rings. The van der Waals surface area contributed by atoms with Gasteiger partial charge in [0.2, 0.25) is 5.91 Å². The van der Waals surface area contributed by atoms with Crippen molar-refractivity contribution >= 4 is 29.3 Å². The summed E-state index contributed by atoms with van der Waals surface area (Å²) in [6.45, 7) is 4.70. The minimum absolute atomic E-state index is 0.276. The Bertz CT molecular complexity index is 1270. The van der Waals surface area contributed by atoms with E-state index in [4.69, 9.17) is 5.11 Å². The van der Waals surface area contributed by atoms with Gasteiger partial charge in [-0.15, -0.1) is 0 Å². The van der Waals surface area contributed by atoms with Crippen LogP contribution in [0.3, 0.4) is 0 Å². The lowest BCUT2D eigenvalue weighted by molar-refractivity contribution is -0.119. The number of carboxylic acids is 1. The van der Waals surface area contributed by atoms with Crippen LogP contribution in [-0.4, -0.2) is 40.5 Å². The lowest BCUT2D eigenvalue weighted by atomic mass is 10.0. The predicted octanol–water partition coefficient (Wildman–Crippen LogP) is 5.95. The maximum absolute atomic E-state index is 14.0. The molecule has 3 amide bonds. The second-order valence-electron chi connectivity index (χ2n) is 9.12. The van der Waals surface area contributed by atoms with Crippen molar-refractivity contribution in [1.29, 1.82) is 0 Å². The Morgan fingerprint density at radius 1 is 0.917 bits per heavy atom. The van der Waals surface area contributed by atoms with Crippen molar-refractivity contribution in [2.75, 3.05) is 17.2 Å². The standard InChI is InChI=1S/C28H28FN3O4/c1-17(2)18-5-10-22(11-6-18)31-28(36)32-15-3-4-25(32)26(33)30-21-12-7-19(8-13-21)20-9-14-23(27(34)35)24(29)16-20/h5-14,16-17,25H,3-4,15H2,1-2H3,(H,30,33)(H,31,36)(H,34,35)/t25-/m0/s1. The number of aromatic carboxylic acids is 1. The Balaban J connectivity index is 1.39. The molecule has 3 N–H and O–H groups in total. The van der Waals surface area contributed by atoms with Crippen LogP contribution in [0, 0.1) is 5.82 Å². The summed E-state index contributed by atoms with van der Waals surface area (Å²) in [4.78, 5) is 38.4. The third kappa shape index (κ3) is 5.54. The first-order chi connectivity index (χ1) is 17.2. The zero-order valence-corrected chi connectivity index (χ0v) is 20.1. The van der Waals surface area contributed by atoms with E-state index in [2.05, 4.69) is 24.5 Å². The van der Waals surface area contributed by atoms with Gasteiger partial charge in [0.1, 0.15) is 11.9 Å². The molecule has 36 heavy (non-hydrogen) atoms. The van der Waals surface area contributed by atoms with Gasteiger partial charge in [0.25, 0.3) is 0 Å². The largest absolute Gasteiger partial charge is 0.478 e. The summed E-state index contributed by atoms with van der Waals surface area (Å²) in [5.74, 6) is -2.01. The van der Waals surface area contributed by atoms with E-state index in [9.17, 15) is 18.8 Å². The Labute approximate surface area is 208 Å². The highest BCUT2D eigenvalue weighted by atomic mass is 19.1. The summed E-state index contributed by atoms with van der Waals surface area (Å²) in [5, 5.41) is 14.7. The first kappa shape index (κ1) is 24.9. The number of carbonyl (C=O) groups excluding carboxylic acids is 2. The highest BCUT2D eigenvalue weighted by Crippen LogP contribution is 2.25. The summed E-state index contributed by atoms with van der Waals surface area (Å²) in [7, 11) is 0. The van der Waals surface area contributed by atoms with Crippen LogP contribution in [0.4, 0.5) is 20.6 Å². The van der Waals surface area contributed by atoms with Crippen molar-refractivity contribution in [2.45, 2.75) is 38.6 Å². The molecule has 1 heterocycles. The van der Waals surface area contributed by atoms with E-state index in [1.54, 1.807) is 29.2 Å². The van der Waals surface area contributed by atoms with E-state index in [0.29, 0.717) is 41.4 Å². The second-order valence-corrected chi connectivity index (χ2v) is 9.12. The number of carbonyl (C=O) groups is 3. The predicted molar refractivity (Wildman–Crippen MR) is 137 cm³/mol. The molecular weight excluding hydrogens is 461 g/mol. The van der Waals surface area contributed by atoms with Gasteiger partial charge in [0.15, 0.2) is 0 Å². The average Bonchev–Trinajstić information content (AvgIpc) is 3.35. The molecule has 1 saturated heterocycles. The van der Waals surface area contributed by atoms with E-state index in [1.165, 1.54) is 23.8 Å². The highest BCUT2D eigenvalue weighted by molar-refractivity contribution is 5.99. The number of nitrogens with one attached hydrogen (secondary N) is 2. The molecule has 3 aromatic carbocycles. The van der Waals surface area contributed by atoms with E-state index in [0.717, 1.165) is 6.42 Å². The van der Waals surface area contributed by atoms with Crippen LogP contribution in [0.5, 0.6) is 0 Å². The molecule has 4 rings (SSSR count). The Morgan fingerprint density at radius 2 is 1.53 bits per heavy atom. The third-order valence-corrected chi connectivity index (χ3v) is 6.33. The summed E-state index contributed by atoms with van der Waals surface area (Å²) in [6.07, 6.45) is 1.30. The topological polar surface area (TPSA) is 98.7 Å². The molecule has 0 aromatic heterocycles. The summed E-state index contributed by atoms with van der Waals surface area (Å²) >= 11 is 0. The smallest absolute Gasteiger partial charge is 0.338 e.